The molecule has 0 amide bonds. The Balaban J connectivity index is 1.57. The first-order valence-electron chi connectivity index (χ1n) is 8.88. The van der Waals surface area contributed by atoms with E-state index in [0.29, 0.717) is 38.5 Å². The Morgan fingerprint density at radius 2 is 2.17 bits per heavy atom. The van der Waals surface area contributed by atoms with Crippen LogP contribution in [0.5, 0.6) is 0 Å². The van der Waals surface area contributed by atoms with Crippen molar-refractivity contribution >= 4 is 0 Å². The fourth-order valence-electron chi connectivity index (χ4n) is 3.97. The molecule has 0 aromatic heterocycles. The summed E-state index contributed by atoms with van der Waals surface area (Å²) in [7, 11) is 1.75. The Morgan fingerprint density at radius 3 is 2.88 bits per heavy atom. The van der Waals surface area contributed by atoms with Gasteiger partial charge in [-0.05, 0) is 43.0 Å². The maximum Gasteiger partial charge on any atom is 0.123 e. The molecule has 2 atom stereocenters. The highest BCUT2D eigenvalue weighted by atomic mass is 19.1. The highest BCUT2D eigenvalue weighted by Gasteiger charge is 2.36. The van der Waals surface area contributed by atoms with Gasteiger partial charge >= 0.3 is 0 Å². The summed E-state index contributed by atoms with van der Waals surface area (Å²) >= 11 is 0. The van der Waals surface area contributed by atoms with Crippen LogP contribution >= 0.6 is 0 Å². The number of methoxy groups -OCH3 is 1. The lowest BCUT2D eigenvalue weighted by molar-refractivity contribution is -0.0954. The van der Waals surface area contributed by atoms with Crippen LogP contribution in [0.4, 0.5) is 4.39 Å². The maximum atomic E-state index is 13.4. The van der Waals surface area contributed by atoms with Crippen molar-refractivity contribution in [3.63, 3.8) is 0 Å². The minimum absolute atomic E-state index is 0.116. The standard InChI is InChI=1S/C19H28FNO3/c1-23-18-13-21(14-19(22)6-9-24-10-7-19)8-5-16(18)11-15-3-2-4-17(20)12-15/h2-4,12,16,18,22H,5-11,13-14H2,1H3/t16-,18+/m1/s1. The number of aliphatic hydroxyl groups is 1. The summed E-state index contributed by atoms with van der Waals surface area (Å²) in [5, 5.41) is 10.7. The predicted octanol–water partition coefficient (Wildman–Crippen LogP) is 2.25. The van der Waals surface area contributed by atoms with Gasteiger partial charge in [-0.3, -0.25) is 4.90 Å². The number of hydrogen-bond acceptors (Lipinski definition) is 4. The lowest BCUT2D eigenvalue weighted by Gasteiger charge is -2.42. The highest BCUT2D eigenvalue weighted by Crippen LogP contribution is 2.28. The van der Waals surface area contributed by atoms with E-state index in [2.05, 4.69) is 4.90 Å². The van der Waals surface area contributed by atoms with Crippen molar-refractivity contribution < 1.29 is 19.0 Å². The first-order valence-corrected chi connectivity index (χ1v) is 8.88. The van der Waals surface area contributed by atoms with Gasteiger partial charge in [0.1, 0.15) is 5.82 Å². The van der Waals surface area contributed by atoms with Crippen molar-refractivity contribution in [2.24, 2.45) is 5.92 Å². The molecule has 24 heavy (non-hydrogen) atoms. The molecule has 1 N–H and O–H groups in total. The normalized spacial score (nSPS) is 28.0. The first-order chi connectivity index (χ1) is 11.6. The number of nitrogens with zero attached hydrogens (tertiary/aromatic N) is 1. The zero-order valence-corrected chi connectivity index (χ0v) is 14.4. The molecule has 1 aromatic carbocycles. The van der Waals surface area contributed by atoms with Crippen molar-refractivity contribution in [1.82, 2.24) is 4.90 Å². The Labute approximate surface area is 143 Å². The van der Waals surface area contributed by atoms with Gasteiger partial charge < -0.3 is 14.6 Å². The number of benzene rings is 1. The summed E-state index contributed by atoms with van der Waals surface area (Å²) in [5.74, 6) is 0.207. The van der Waals surface area contributed by atoms with E-state index in [4.69, 9.17) is 9.47 Å². The third-order valence-corrected chi connectivity index (χ3v) is 5.41. The van der Waals surface area contributed by atoms with Gasteiger partial charge in [0.25, 0.3) is 0 Å². The van der Waals surface area contributed by atoms with Crippen LogP contribution < -0.4 is 0 Å². The van der Waals surface area contributed by atoms with E-state index >= 15 is 0 Å². The van der Waals surface area contributed by atoms with Gasteiger partial charge in [0.05, 0.1) is 11.7 Å². The Bertz CT molecular complexity index is 533. The van der Waals surface area contributed by atoms with Crippen molar-refractivity contribution in [2.75, 3.05) is 40.0 Å². The lowest BCUT2D eigenvalue weighted by Crippen LogP contribution is -2.53. The van der Waals surface area contributed by atoms with Crippen LogP contribution in [0, 0.1) is 11.7 Å². The van der Waals surface area contributed by atoms with Crippen molar-refractivity contribution in [2.45, 2.75) is 37.4 Å². The van der Waals surface area contributed by atoms with Crippen LogP contribution in [0.3, 0.4) is 0 Å². The summed E-state index contributed by atoms with van der Waals surface area (Å²) in [6.07, 6.45) is 3.36. The third-order valence-electron chi connectivity index (χ3n) is 5.41. The molecule has 0 radical (unpaired) electrons. The molecule has 3 rings (SSSR count). The Morgan fingerprint density at radius 1 is 1.38 bits per heavy atom. The van der Waals surface area contributed by atoms with E-state index in [0.717, 1.165) is 31.5 Å². The second-order valence-corrected chi connectivity index (χ2v) is 7.23. The molecule has 0 saturated carbocycles. The molecule has 0 unspecified atom stereocenters. The molecule has 2 aliphatic rings. The molecular weight excluding hydrogens is 309 g/mol. The fraction of sp³-hybridized carbons (Fsp3) is 0.684. The second kappa shape index (κ2) is 7.91. The molecule has 134 valence electrons. The van der Waals surface area contributed by atoms with Crippen LogP contribution in [-0.2, 0) is 15.9 Å². The van der Waals surface area contributed by atoms with E-state index in [1.54, 1.807) is 19.2 Å². The lowest BCUT2D eigenvalue weighted by atomic mass is 9.86. The average Bonchev–Trinajstić information content (AvgIpc) is 2.56. The van der Waals surface area contributed by atoms with Gasteiger partial charge in [-0.1, -0.05) is 12.1 Å². The smallest absolute Gasteiger partial charge is 0.123 e. The number of halogens is 1. The van der Waals surface area contributed by atoms with Gasteiger partial charge in [0.2, 0.25) is 0 Å². The minimum atomic E-state index is -0.633. The van der Waals surface area contributed by atoms with E-state index in [1.165, 1.54) is 6.07 Å². The van der Waals surface area contributed by atoms with Crippen LogP contribution in [-0.4, -0.2) is 61.7 Å². The number of likely N-dealkylation sites (tertiary alicyclic amines) is 1. The monoisotopic (exact) mass is 337 g/mol. The molecule has 1 aromatic rings. The Kier molecular flexibility index (Phi) is 5.87. The summed E-state index contributed by atoms with van der Waals surface area (Å²) in [4.78, 5) is 2.31. The van der Waals surface area contributed by atoms with E-state index in [-0.39, 0.29) is 11.9 Å². The number of β-amino-alcohol motifs (C(OH)–C–C–N with tert-alkyl or cyclic N) is 1. The van der Waals surface area contributed by atoms with Gasteiger partial charge in [-0.2, -0.15) is 0 Å². The number of hydrogen-bond donors (Lipinski definition) is 1. The van der Waals surface area contributed by atoms with Crippen molar-refractivity contribution in [3.8, 4) is 0 Å². The first kappa shape index (κ1) is 17.8. The van der Waals surface area contributed by atoms with Gasteiger partial charge in [0.15, 0.2) is 0 Å². The molecule has 0 aliphatic carbocycles. The van der Waals surface area contributed by atoms with E-state index in [9.17, 15) is 9.50 Å². The Hall–Kier alpha value is -1.01. The van der Waals surface area contributed by atoms with Gasteiger partial charge in [-0.25, -0.2) is 4.39 Å². The molecule has 2 fully saturated rings. The number of piperidine rings is 1. The van der Waals surface area contributed by atoms with Gasteiger partial charge in [0, 0.05) is 46.3 Å². The molecule has 2 saturated heterocycles. The SMILES string of the molecule is CO[C@H]1CN(CC2(O)CCOCC2)CC[C@@H]1Cc1cccc(F)c1. The molecule has 4 nitrogen and oxygen atoms in total. The largest absolute Gasteiger partial charge is 0.388 e. The summed E-state index contributed by atoms with van der Waals surface area (Å²) in [6.45, 7) is 3.73. The topological polar surface area (TPSA) is 41.9 Å². The van der Waals surface area contributed by atoms with Crippen LogP contribution in [0.2, 0.25) is 0 Å². The number of ether oxygens (including phenoxy) is 2. The summed E-state index contributed by atoms with van der Waals surface area (Å²) < 4.78 is 24.5. The van der Waals surface area contributed by atoms with Crippen LogP contribution in [0.25, 0.3) is 0 Å². The molecule has 5 heteroatoms. The number of rotatable bonds is 5. The molecule has 2 heterocycles. The van der Waals surface area contributed by atoms with Crippen LogP contribution in [0.1, 0.15) is 24.8 Å². The van der Waals surface area contributed by atoms with E-state index in [1.807, 2.05) is 6.07 Å². The summed E-state index contributed by atoms with van der Waals surface area (Å²) in [6, 6.07) is 6.84. The third kappa shape index (κ3) is 4.54. The van der Waals surface area contributed by atoms with Crippen LogP contribution in [0.15, 0.2) is 24.3 Å². The van der Waals surface area contributed by atoms with Crippen molar-refractivity contribution in [1.29, 1.82) is 0 Å². The molecular formula is C19H28FNO3. The van der Waals surface area contributed by atoms with Crippen molar-refractivity contribution in [3.05, 3.63) is 35.6 Å². The minimum Gasteiger partial charge on any atom is -0.388 e. The zero-order chi connectivity index (χ0) is 17.0. The highest BCUT2D eigenvalue weighted by molar-refractivity contribution is 5.17. The molecule has 0 spiro atoms. The fourth-order valence-corrected chi connectivity index (χ4v) is 3.97. The van der Waals surface area contributed by atoms with E-state index < -0.39 is 5.60 Å². The average molecular weight is 337 g/mol. The van der Waals surface area contributed by atoms with Gasteiger partial charge in [-0.15, -0.1) is 0 Å². The zero-order valence-electron chi connectivity index (χ0n) is 14.4. The summed E-state index contributed by atoms with van der Waals surface area (Å²) in [5.41, 5.74) is 0.393. The maximum absolute atomic E-state index is 13.4. The second-order valence-electron chi connectivity index (χ2n) is 7.23. The predicted molar refractivity (Wildman–Crippen MR) is 90.5 cm³/mol. The quantitative estimate of drug-likeness (QED) is 0.895. The molecule has 2 aliphatic heterocycles. The molecule has 0 bridgehead atoms.